The van der Waals surface area contributed by atoms with Gasteiger partial charge in [0.15, 0.2) is 5.78 Å². The number of ketones is 1. The molecule has 0 spiro atoms. The van der Waals surface area contributed by atoms with Crippen molar-refractivity contribution in [1.82, 2.24) is 0 Å². The highest BCUT2D eigenvalue weighted by Crippen LogP contribution is 2.32. The second-order valence-electron chi connectivity index (χ2n) is 6.84. The van der Waals surface area contributed by atoms with E-state index in [0.29, 0.717) is 31.3 Å². The number of aliphatic hydroxyl groups is 2. The van der Waals surface area contributed by atoms with E-state index in [1.165, 1.54) is 0 Å². The summed E-state index contributed by atoms with van der Waals surface area (Å²) >= 11 is 0. The molecule has 142 valence electrons. The van der Waals surface area contributed by atoms with Gasteiger partial charge in [0.25, 0.3) is 0 Å². The van der Waals surface area contributed by atoms with E-state index in [4.69, 9.17) is 5.11 Å². The van der Waals surface area contributed by atoms with Gasteiger partial charge >= 0.3 is 5.97 Å². The number of Topliss-reactive ketones (excluding diaryl/α,β-unsaturated/α-hetero) is 1. The first kappa shape index (κ1) is 21.6. The molecule has 0 saturated heterocycles. The van der Waals surface area contributed by atoms with E-state index >= 15 is 0 Å². The topological polar surface area (TPSA) is 94.8 Å². The predicted octanol–water partition coefficient (Wildman–Crippen LogP) is 3.40. The Labute approximate surface area is 150 Å². The Morgan fingerprint density at radius 3 is 2.72 bits per heavy atom. The Morgan fingerprint density at radius 1 is 1.28 bits per heavy atom. The average Bonchev–Trinajstić information content (AvgIpc) is 2.82. The predicted molar refractivity (Wildman–Crippen MR) is 97.2 cm³/mol. The lowest BCUT2D eigenvalue weighted by molar-refractivity contribution is -0.137. The van der Waals surface area contributed by atoms with E-state index in [-0.39, 0.29) is 24.5 Å². The Hall–Kier alpha value is -1.46. The molecule has 1 fully saturated rings. The summed E-state index contributed by atoms with van der Waals surface area (Å²) in [6, 6.07) is 0. The Bertz CT molecular complexity index is 480. The van der Waals surface area contributed by atoms with Gasteiger partial charge in [-0.3, -0.25) is 9.59 Å². The third-order valence-electron chi connectivity index (χ3n) is 4.65. The SMILES string of the molecule is CCCCC[C@H](O)C/C=C1\C(=O)C[C@H](O)[C@@H]1C/C=C\CCCC(=O)O. The number of hydrogen-bond acceptors (Lipinski definition) is 4. The molecule has 0 amide bonds. The number of carbonyl (C=O) groups is 2. The third-order valence-corrected chi connectivity index (χ3v) is 4.65. The number of carboxylic acid groups (broad SMARTS) is 1. The standard InChI is InChI=1S/C20H32O5/c1-2-3-6-9-15(21)12-13-17-16(18(22)14-19(17)23)10-7-4-5-8-11-20(24)25/h4,7,13,15-16,18,21-22H,2-3,5-6,8-12,14H2,1H3,(H,24,25)/b7-4-,17-13-/t15-,16+,18-/m0/s1. The van der Waals surface area contributed by atoms with E-state index in [1.54, 1.807) is 6.08 Å². The van der Waals surface area contributed by atoms with Crippen LogP contribution in [-0.2, 0) is 9.59 Å². The minimum absolute atomic E-state index is 0.0301. The van der Waals surface area contributed by atoms with Crippen molar-refractivity contribution in [3.63, 3.8) is 0 Å². The minimum atomic E-state index is -0.798. The molecule has 3 atom stereocenters. The van der Waals surface area contributed by atoms with Crippen LogP contribution in [-0.4, -0.2) is 39.3 Å². The maximum Gasteiger partial charge on any atom is 0.303 e. The first-order valence-electron chi connectivity index (χ1n) is 9.41. The van der Waals surface area contributed by atoms with Crippen LogP contribution in [0.5, 0.6) is 0 Å². The van der Waals surface area contributed by atoms with Crippen LogP contribution in [0, 0.1) is 5.92 Å². The molecule has 1 saturated carbocycles. The molecule has 1 aliphatic carbocycles. The van der Waals surface area contributed by atoms with Crippen LogP contribution in [0.4, 0.5) is 0 Å². The van der Waals surface area contributed by atoms with Gasteiger partial charge in [-0.05, 0) is 37.7 Å². The molecule has 0 unspecified atom stereocenters. The van der Waals surface area contributed by atoms with Crippen molar-refractivity contribution in [1.29, 1.82) is 0 Å². The third kappa shape index (κ3) is 8.45. The lowest BCUT2D eigenvalue weighted by atomic mass is 9.94. The highest BCUT2D eigenvalue weighted by Gasteiger charge is 2.35. The molecule has 0 aromatic heterocycles. The van der Waals surface area contributed by atoms with Crippen LogP contribution in [0.1, 0.15) is 71.1 Å². The number of aliphatic hydroxyl groups excluding tert-OH is 2. The van der Waals surface area contributed by atoms with Crippen molar-refractivity contribution in [3.8, 4) is 0 Å². The van der Waals surface area contributed by atoms with Gasteiger partial charge in [0, 0.05) is 18.8 Å². The van der Waals surface area contributed by atoms with Gasteiger partial charge in [0.2, 0.25) is 0 Å². The molecular weight excluding hydrogens is 320 g/mol. The summed E-state index contributed by atoms with van der Waals surface area (Å²) in [5, 5.41) is 28.7. The number of allylic oxidation sites excluding steroid dienone is 2. The molecule has 3 N–H and O–H groups in total. The lowest BCUT2D eigenvalue weighted by Gasteiger charge is -2.14. The van der Waals surface area contributed by atoms with Crippen molar-refractivity contribution in [2.24, 2.45) is 5.92 Å². The van der Waals surface area contributed by atoms with Gasteiger partial charge < -0.3 is 15.3 Å². The van der Waals surface area contributed by atoms with Crippen LogP contribution in [0.25, 0.3) is 0 Å². The molecular formula is C20H32O5. The van der Waals surface area contributed by atoms with Gasteiger partial charge in [-0.1, -0.05) is 44.4 Å². The minimum Gasteiger partial charge on any atom is -0.481 e. The van der Waals surface area contributed by atoms with E-state index in [0.717, 1.165) is 25.7 Å². The zero-order chi connectivity index (χ0) is 18.7. The smallest absolute Gasteiger partial charge is 0.303 e. The maximum absolute atomic E-state index is 12.1. The zero-order valence-electron chi connectivity index (χ0n) is 15.2. The number of hydrogen-bond donors (Lipinski definition) is 3. The Morgan fingerprint density at radius 2 is 2.04 bits per heavy atom. The van der Waals surface area contributed by atoms with Crippen molar-refractivity contribution in [2.45, 2.75) is 83.3 Å². The molecule has 25 heavy (non-hydrogen) atoms. The van der Waals surface area contributed by atoms with Crippen LogP contribution in [0.2, 0.25) is 0 Å². The fraction of sp³-hybridized carbons (Fsp3) is 0.700. The molecule has 0 radical (unpaired) electrons. The summed E-state index contributed by atoms with van der Waals surface area (Å²) in [5.74, 6) is -1.04. The molecule has 0 heterocycles. The second-order valence-corrected chi connectivity index (χ2v) is 6.84. The van der Waals surface area contributed by atoms with Crippen LogP contribution in [0.15, 0.2) is 23.8 Å². The largest absolute Gasteiger partial charge is 0.481 e. The number of carbonyl (C=O) groups excluding carboxylic acids is 1. The molecule has 0 aromatic rings. The van der Waals surface area contributed by atoms with E-state index in [2.05, 4.69) is 6.92 Å². The summed E-state index contributed by atoms with van der Waals surface area (Å²) in [7, 11) is 0. The number of rotatable bonds is 12. The normalized spacial score (nSPS) is 23.6. The van der Waals surface area contributed by atoms with Gasteiger partial charge in [-0.15, -0.1) is 0 Å². The molecule has 5 nitrogen and oxygen atoms in total. The Balaban J connectivity index is 2.49. The van der Waals surface area contributed by atoms with E-state index in [9.17, 15) is 19.8 Å². The monoisotopic (exact) mass is 352 g/mol. The van der Waals surface area contributed by atoms with Crippen molar-refractivity contribution in [2.75, 3.05) is 0 Å². The molecule has 1 rings (SSSR count). The lowest BCUT2D eigenvalue weighted by Crippen LogP contribution is -2.14. The Kier molecular flexibility index (Phi) is 10.3. The second kappa shape index (κ2) is 12.0. The first-order valence-corrected chi connectivity index (χ1v) is 9.41. The van der Waals surface area contributed by atoms with Crippen molar-refractivity contribution < 1.29 is 24.9 Å². The number of carboxylic acids is 1. The number of aliphatic carboxylic acids is 1. The molecule has 0 aromatic carbocycles. The van der Waals surface area contributed by atoms with Crippen molar-refractivity contribution >= 4 is 11.8 Å². The molecule has 1 aliphatic rings. The summed E-state index contributed by atoms with van der Waals surface area (Å²) in [6.45, 7) is 2.12. The number of unbranched alkanes of at least 4 members (excludes halogenated alkanes) is 3. The van der Waals surface area contributed by atoms with Gasteiger partial charge in [0.1, 0.15) is 0 Å². The van der Waals surface area contributed by atoms with Crippen LogP contribution >= 0.6 is 0 Å². The molecule has 0 aliphatic heterocycles. The summed E-state index contributed by atoms with van der Waals surface area (Å²) < 4.78 is 0. The summed E-state index contributed by atoms with van der Waals surface area (Å²) in [5.41, 5.74) is 0.636. The molecule has 5 heteroatoms. The highest BCUT2D eigenvalue weighted by molar-refractivity contribution is 5.98. The summed E-state index contributed by atoms with van der Waals surface area (Å²) in [6.07, 6.45) is 11.1. The van der Waals surface area contributed by atoms with Crippen molar-refractivity contribution in [3.05, 3.63) is 23.8 Å². The zero-order valence-corrected chi connectivity index (χ0v) is 15.2. The highest BCUT2D eigenvalue weighted by atomic mass is 16.4. The van der Waals surface area contributed by atoms with Gasteiger partial charge in [0.05, 0.1) is 12.2 Å². The maximum atomic E-state index is 12.1. The quantitative estimate of drug-likeness (QED) is 0.284. The van der Waals surface area contributed by atoms with Crippen LogP contribution < -0.4 is 0 Å². The van der Waals surface area contributed by atoms with Gasteiger partial charge in [-0.25, -0.2) is 0 Å². The van der Waals surface area contributed by atoms with E-state index in [1.807, 2.05) is 12.2 Å². The fourth-order valence-corrected chi connectivity index (χ4v) is 3.16. The average molecular weight is 352 g/mol. The molecule has 0 bridgehead atoms. The van der Waals surface area contributed by atoms with Crippen LogP contribution in [0.3, 0.4) is 0 Å². The summed E-state index contributed by atoms with van der Waals surface area (Å²) in [4.78, 5) is 22.5. The fourth-order valence-electron chi connectivity index (χ4n) is 3.16. The first-order chi connectivity index (χ1) is 12.0. The van der Waals surface area contributed by atoms with Gasteiger partial charge in [-0.2, -0.15) is 0 Å². The van der Waals surface area contributed by atoms with E-state index < -0.39 is 18.2 Å².